The molecule has 1 aromatic rings. The molecule has 0 radical (unpaired) electrons. The monoisotopic (exact) mass is 261 g/mol. The van der Waals surface area contributed by atoms with E-state index in [1.54, 1.807) is 6.07 Å². The Bertz CT molecular complexity index is 450. The lowest BCUT2D eigenvalue weighted by Gasteiger charge is -2.16. The van der Waals surface area contributed by atoms with Crippen LogP contribution in [0.15, 0.2) is 12.1 Å². The fourth-order valence-corrected chi connectivity index (χ4v) is 2.65. The van der Waals surface area contributed by atoms with Gasteiger partial charge in [0.25, 0.3) is 0 Å². The van der Waals surface area contributed by atoms with Gasteiger partial charge in [-0.2, -0.15) is 0 Å². The zero-order valence-corrected chi connectivity index (χ0v) is 9.59. The van der Waals surface area contributed by atoms with Crippen LogP contribution in [-0.2, 0) is 6.42 Å². The van der Waals surface area contributed by atoms with Crippen molar-refractivity contribution < 1.29 is 15.0 Å². The molecule has 0 aliphatic heterocycles. The molecule has 1 aliphatic rings. The van der Waals surface area contributed by atoms with Gasteiger partial charge in [0.15, 0.2) is 0 Å². The lowest BCUT2D eigenvalue weighted by molar-refractivity contribution is 0.131. The van der Waals surface area contributed by atoms with E-state index < -0.39 is 18.2 Å². The molecule has 0 unspecified atom stereocenters. The fourth-order valence-electron chi connectivity index (χ4n) is 1.99. The van der Waals surface area contributed by atoms with Crippen molar-refractivity contribution in [3.63, 3.8) is 0 Å². The molecule has 4 nitrogen and oxygen atoms in total. The highest BCUT2D eigenvalue weighted by Crippen LogP contribution is 2.38. The number of hydrogen-bond donors (Lipinski definition) is 3. The minimum atomic E-state index is -1.19. The molecule has 86 valence electrons. The summed E-state index contributed by atoms with van der Waals surface area (Å²) >= 11 is 11.8. The Hall–Kier alpha value is -0.970. The van der Waals surface area contributed by atoms with Crippen molar-refractivity contribution in [3.8, 4) is 0 Å². The first-order chi connectivity index (χ1) is 7.49. The average Bonchev–Trinajstić information content (AvgIpc) is 2.41. The quantitative estimate of drug-likeness (QED) is 0.726. The standard InChI is InChI=1S/C10H9Cl2NO3/c11-5-1-4-2-7(14)9(13-10(15)16)8(4)6(12)3-5/h1,3,7,9,13-14H,2H2,(H,15,16)/t7-,9-/m1/s1. The minimum Gasteiger partial charge on any atom is -0.465 e. The smallest absolute Gasteiger partial charge is 0.405 e. The van der Waals surface area contributed by atoms with Crippen molar-refractivity contribution in [3.05, 3.63) is 33.3 Å². The fraction of sp³-hybridized carbons (Fsp3) is 0.300. The van der Waals surface area contributed by atoms with E-state index in [-0.39, 0.29) is 0 Å². The predicted molar refractivity (Wildman–Crippen MR) is 60.1 cm³/mol. The van der Waals surface area contributed by atoms with Crippen molar-refractivity contribution in [1.29, 1.82) is 0 Å². The Morgan fingerprint density at radius 3 is 2.75 bits per heavy atom. The van der Waals surface area contributed by atoms with Gasteiger partial charge < -0.3 is 15.5 Å². The van der Waals surface area contributed by atoms with E-state index in [1.165, 1.54) is 6.07 Å². The number of carbonyl (C=O) groups is 1. The molecule has 2 rings (SSSR count). The molecule has 1 aromatic carbocycles. The summed E-state index contributed by atoms with van der Waals surface area (Å²) in [6, 6.07) is 2.55. The van der Waals surface area contributed by atoms with Gasteiger partial charge in [-0.3, -0.25) is 0 Å². The first kappa shape index (κ1) is 11.5. The van der Waals surface area contributed by atoms with Crippen LogP contribution in [0.25, 0.3) is 0 Å². The third-order valence-corrected chi connectivity index (χ3v) is 3.11. The summed E-state index contributed by atoms with van der Waals surface area (Å²) in [5, 5.41) is 21.5. The van der Waals surface area contributed by atoms with E-state index in [9.17, 15) is 9.90 Å². The number of rotatable bonds is 1. The highest BCUT2D eigenvalue weighted by molar-refractivity contribution is 6.35. The summed E-state index contributed by atoms with van der Waals surface area (Å²) < 4.78 is 0. The van der Waals surface area contributed by atoms with Crippen LogP contribution < -0.4 is 5.32 Å². The number of fused-ring (bicyclic) bond motifs is 1. The van der Waals surface area contributed by atoms with Gasteiger partial charge in [0.1, 0.15) is 0 Å². The molecular weight excluding hydrogens is 253 g/mol. The normalized spacial score (nSPS) is 22.9. The molecule has 1 aliphatic carbocycles. The topological polar surface area (TPSA) is 69.6 Å². The molecule has 0 aromatic heterocycles. The molecule has 16 heavy (non-hydrogen) atoms. The van der Waals surface area contributed by atoms with Crippen molar-refractivity contribution in [1.82, 2.24) is 5.32 Å². The van der Waals surface area contributed by atoms with E-state index in [4.69, 9.17) is 28.3 Å². The minimum absolute atomic E-state index is 0.348. The van der Waals surface area contributed by atoms with Gasteiger partial charge in [-0.25, -0.2) is 4.79 Å². The molecule has 0 saturated carbocycles. The van der Waals surface area contributed by atoms with Gasteiger partial charge in [-0.05, 0) is 23.3 Å². The van der Waals surface area contributed by atoms with Crippen LogP contribution in [0.5, 0.6) is 0 Å². The van der Waals surface area contributed by atoms with Crippen LogP contribution in [0, 0.1) is 0 Å². The van der Waals surface area contributed by atoms with E-state index in [0.29, 0.717) is 22.0 Å². The second kappa shape index (κ2) is 4.13. The average molecular weight is 262 g/mol. The Kier molecular flexibility index (Phi) is 2.97. The molecule has 0 bridgehead atoms. The van der Waals surface area contributed by atoms with Crippen LogP contribution in [0.4, 0.5) is 4.79 Å². The van der Waals surface area contributed by atoms with Crippen molar-refractivity contribution in [2.24, 2.45) is 0 Å². The Morgan fingerprint density at radius 1 is 1.44 bits per heavy atom. The summed E-state index contributed by atoms with van der Waals surface area (Å²) in [4.78, 5) is 10.6. The zero-order chi connectivity index (χ0) is 11.9. The zero-order valence-electron chi connectivity index (χ0n) is 8.08. The summed E-state index contributed by atoms with van der Waals surface area (Å²) in [7, 11) is 0. The molecule has 3 N–H and O–H groups in total. The van der Waals surface area contributed by atoms with Crippen LogP contribution in [0.3, 0.4) is 0 Å². The van der Waals surface area contributed by atoms with Gasteiger partial charge in [0, 0.05) is 16.5 Å². The molecule has 2 atom stereocenters. The Balaban J connectivity index is 2.43. The lowest BCUT2D eigenvalue weighted by atomic mass is 10.1. The highest BCUT2D eigenvalue weighted by Gasteiger charge is 2.34. The first-order valence-corrected chi connectivity index (χ1v) is 5.40. The van der Waals surface area contributed by atoms with Gasteiger partial charge in [0.05, 0.1) is 12.1 Å². The molecule has 0 fully saturated rings. The lowest BCUT2D eigenvalue weighted by Crippen LogP contribution is -2.32. The van der Waals surface area contributed by atoms with Crippen molar-refractivity contribution in [2.45, 2.75) is 18.6 Å². The number of hydrogen-bond acceptors (Lipinski definition) is 2. The molecule has 6 heteroatoms. The number of halogens is 2. The molecule has 0 spiro atoms. The number of aliphatic hydroxyl groups is 1. The number of amides is 1. The number of benzene rings is 1. The molecule has 0 heterocycles. The summed E-state index contributed by atoms with van der Waals surface area (Å²) in [5.41, 5.74) is 1.39. The van der Waals surface area contributed by atoms with Gasteiger partial charge in [-0.15, -0.1) is 0 Å². The van der Waals surface area contributed by atoms with Crippen LogP contribution in [0.1, 0.15) is 17.2 Å². The maximum absolute atomic E-state index is 10.6. The number of nitrogens with one attached hydrogen (secondary N) is 1. The van der Waals surface area contributed by atoms with Crippen LogP contribution in [0.2, 0.25) is 10.0 Å². The third-order valence-electron chi connectivity index (χ3n) is 2.58. The second-order valence-corrected chi connectivity index (χ2v) is 4.50. The molecule has 1 amide bonds. The van der Waals surface area contributed by atoms with E-state index in [0.717, 1.165) is 5.56 Å². The van der Waals surface area contributed by atoms with Gasteiger partial charge >= 0.3 is 6.09 Å². The number of aliphatic hydroxyl groups excluding tert-OH is 1. The number of carboxylic acid groups (broad SMARTS) is 1. The van der Waals surface area contributed by atoms with Crippen LogP contribution >= 0.6 is 23.2 Å². The molecule has 0 saturated heterocycles. The first-order valence-electron chi connectivity index (χ1n) is 4.64. The third kappa shape index (κ3) is 1.96. The summed E-state index contributed by atoms with van der Waals surface area (Å²) in [6.07, 6.45) is -1.65. The Labute approximate surface area is 102 Å². The van der Waals surface area contributed by atoms with Crippen LogP contribution in [-0.4, -0.2) is 22.4 Å². The van der Waals surface area contributed by atoms with Crippen molar-refractivity contribution >= 4 is 29.3 Å². The van der Waals surface area contributed by atoms with E-state index in [2.05, 4.69) is 5.32 Å². The van der Waals surface area contributed by atoms with Gasteiger partial charge in [-0.1, -0.05) is 23.2 Å². The van der Waals surface area contributed by atoms with E-state index in [1.807, 2.05) is 0 Å². The summed E-state index contributed by atoms with van der Waals surface area (Å²) in [6.45, 7) is 0. The highest BCUT2D eigenvalue weighted by atomic mass is 35.5. The largest absolute Gasteiger partial charge is 0.465 e. The van der Waals surface area contributed by atoms with Crippen molar-refractivity contribution in [2.75, 3.05) is 0 Å². The second-order valence-electron chi connectivity index (χ2n) is 3.66. The molecular formula is C10H9Cl2NO3. The Morgan fingerprint density at radius 2 is 2.12 bits per heavy atom. The SMILES string of the molecule is O=C(O)N[C@H]1c2c(Cl)cc(Cl)cc2C[C@H]1O. The summed E-state index contributed by atoms with van der Waals surface area (Å²) in [5.74, 6) is 0. The van der Waals surface area contributed by atoms with E-state index >= 15 is 0 Å². The predicted octanol–water partition coefficient (Wildman–Crippen LogP) is 2.22. The maximum Gasteiger partial charge on any atom is 0.405 e. The van der Waals surface area contributed by atoms with Gasteiger partial charge in [0.2, 0.25) is 0 Å². The maximum atomic E-state index is 10.6.